The van der Waals surface area contributed by atoms with Crippen LogP contribution in [0.2, 0.25) is 0 Å². The first kappa shape index (κ1) is 9.89. The summed E-state index contributed by atoms with van der Waals surface area (Å²) in [5.74, 6) is 0. The van der Waals surface area contributed by atoms with Crippen LogP contribution in [0.15, 0.2) is 0 Å². The maximum absolute atomic E-state index is 9.99. The Balaban J connectivity index is 3.76. The molecule has 0 bridgehead atoms. The molecule has 0 aromatic rings. The molecule has 0 unspecified atom stereocenters. The molecule has 6 nitrogen and oxygen atoms in total. The van der Waals surface area contributed by atoms with Gasteiger partial charge in [-0.25, -0.2) is 9.59 Å². The van der Waals surface area contributed by atoms with Gasteiger partial charge >= 0.3 is 12.2 Å². The van der Waals surface area contributed by atoms with E-state index in [1.165, 1.54) is 0 Å². The topological polar surface area (TPSA) is 98.7 Å². The van der Waals surface area contributed by atoms with E-state index in [1.807, 2.05) is 10.6 Å². The van der Waals surface area contributed by atoms with E-state index >= 15 is 0 Å². The summed E-state index contributed by atoms with van der Waals surface area (Å²) in [4.78, 5) is 20.0. The fourth-order valence-corrected chi connectivity index (χ4v) is 0.816. The van der Waals surface area contributed by atoms with Crippen LogP contribution in [0.5, 0.6) is 0 Å². The fourth-order valence-electron chi connectivity index (χ4n) is 0.378. The Labute approximate surface area is 67.0 Å². The van der Waals surface area contributed by atoms with Gasteiger partial charge in [0, 0.05) is 0 Å². The van der Waals surface area contributed by atoms with Gasteiger partial charge < -0.3 is 10.2 Å². The van der Waals surface area contributed by atoms with Crippen molar-refractivity contribution >= 4 is 23.9 Å². The van der Waals surface area contributed by atoms with E-state index in [0.29, 0.717) is 0 Å². The number of thioether (sulfide) groups is 1. The molecule has 0 saturated carbocycles. The molecule has 11 heavy (non-hydrogen) atoms. The van der Waals surface area contributed by atoms with Crippen LogP contribution < -0.4 is 10.6 Å². The van der Waals surface area contributed by atoms with Crippen molar-refractivity contribution in [1.29, 1.82) is 0 Å². The van der Waals surface area contributed by atoms with Crippen molar-refractivity contribution in [1.82, 2.24) is 10.6 Å². The SMILES string of the molecule is CSC(NC(=O)O)NC(=O)O. The molecule has 0 aliphatic carbocycles. The molecule has 0 fully saturated rings. The Kier molecular flexibility index (Phi) is 4.20. The molecule has 64 valence electrons. The van der Waals surface area contributed by atoms with Crippen molar-refractivity contribution in [2.75, 3.05) is 6.26 Å². The summed E-state index contributed by atoms with van der Waals surface area (Å²) in [6, 6.07) is 0. The minimum Gasteiger partial charge on any atom is -0.465 e. The summed E-state index contributed by atoms with van der Waals surface area (Å²) in [5.41, 5.74) is -0.815. The predicted octanol–water partition coefficient (Wildman–Crippen LogP) is 0.168. The van der Waals surface area contributed by atoms with Gasteiger partial charge in [-0.15, -0.1) is 11.8 Å². The zero-order valence-electron chi connectivity index (χ0n) is 5.70. The highest BCUT2D eigenvalue weighted by atomic mass is 32.2. The monoisotopic (exact) mass is 180 g/mol. The number of hydrogen-bond acceptors (Lipinski definition) is 3. The average Bonchev–Trinajstić information content (AvgIpc) is 1.84. The summed E-state index contributed by atoms with van der Waals surface area (Å²) in [7, 11) is 0. The molecule has 0 radical (unpaired) electrons. The minimum absolute atomic E-state index is 0.815. The average molecular weight is 180 g/mol. The number of amides is 2. The van der Waals surface area contributed by atoms with E-state index in [9.17, 15) is 9.59 Å². The van der Waals surface area contributed by atoms with Crippen molar-refractivity contribution in [3.05, 3.63) is 0 Å². The molecule has 0 atom stereocenters. The van der Waals surface area contributed by atoms with Gasteiger partial charge in [-0.3, -0.25) is 10.6 Å². The lowest BCUT2D eigenvalue weighted by Gasteiger charge is -2.12. The molecular formula is C4H8N2O4S. The number of hydrogen-bond donors (Lipinski definition) is 4. The third-order valence-corrected chi connectivity index (χ3v) is 1.45. The van der Waals surface area contributed by atoms with Gasteiger partial charge in [-0.2, -0.15) is 0 Å². The first-order chi connectivity index (χ1) is 5.06. The number of rotatable bonds is 3. The first-order valence-electron chi connectivity index (χ1n) is 2.58. The highest BCUT2D eigenvalue weighted by Crippen LogP contribution is 1.97. The van der Waals surface area contributed by atoms with Crippen molar-refractivity contribution in [2.45, 2.75) is 5.50 Å². The van der Waals surface area contributed by atoms with Gasteiger partial charge in [0.15, 0.2) is 5.50 Å². The van der Waals surface area contributed by atoms with E-state index in [4.69, 9.17) is 10.2 Å². The van der Waals surface area contributed by atoms with Gasteiger partial charge in [-0.05, 0) is 6.26 Å². The molecule has 4 N–H and O–H groups in total. The van der Waals surface area contributed by atoms with Gasteiger partial charge in [0.05, 0.1) is 0 Å². The van der Waals surface area contributed by atoms with Crippen molar-refractivity contribution in [3.63, 3.8) is 0 Å². The lowest BCUT2D eigenvalue weighted by atomic mass is 10.9. The van der Waals surface area contributed by atoms with E-state index in [2.05, 4.69) is 0 Å². The number of carbonyl (C=O) groups is 2. The Morgan fingerprint density at radius 1 is 1.27 bits per heavy atom. The summed E-state index contributed by atoms with van der Waals surface area (Å²) in [6.07, 6.45) is -0.951. The molecule has 0 aliphatic heterocycles. The van der Waals surface area contributed by atoms with Gasteiger partial charge in [0.2, 0.25) is 0 Å². The van der Waals surface area contributed by atoms with Crippen LogP contribution in [0.3, 0.4) is 0 Å². The highest BCUT2D eigenvalue weighted by molar-refractivity contribution is 7.99. The van der Waals surface area contributed by atoms with E-state index < -0.39 is 17.7 Å². The van der Waals surface area contributed by atoms with Crippen LogP contribution >= 0.6 is 11.8 Å². The standard InChI is InChI=1S/C4H8N2O4S/c1-11-2(5-3(7)8)6-4(9)10/h2,5-6H,1H3,(H,7,8)(H,9,10). The van der Waals surface area contributed by atoms with Crippen LogP contribution in [0, 0.1) is 0 Å². The van der Waals surface area contributed by atoms with E-state index in [0.717, 1.165) is 11.8 Å². The molecule has 0 saturated heterocycles. The largest absolute Gasteiger partial charge is 0.465 e. The fraction of sp³-hybridized carbons (Fsp3) is 0.500. The van der Waals surface area contributed by atoms with Crippen LogP contribution in [-0.4, -0.2) is 34.2 Å². The molecule has 0 heterocycles. The Morgan fingerprint density at radius 3 is 1.82 bits per heavy atom. The third-order valence-electron chi connectivity index (χ3n) is 0.745. The summed E-state index contributed by atoms with van der Waals surface area (Å²) >= 11 is 1.04. The second-order valence-corrected chi connectivity index (χ2v) is 2.46. The van der Waals surface area contributed by atoms with Gasteiger partial charge in [0.25, 0.3) is 0 Å². The van der Waals surface area contributed by atoms with Crippen LogP contribution in [-0.2, 0) is 0 Å². The summed E-state index contributed by atoms with van der Waals surface area (Å²) in [6.45, 7) is 0. The molecule has 0 aromatic heterocycles. The lowest BCUT2D eigenvalue weighted by molar-refractivity contribution is 0.184. The van der Waals surface area contributed by atoms with Crippen molar-refractivity contribution in [2.24, 2.45) is 0 Å². The van der Waals surface area contributed by atoms with Crippen LogP contribution in [0.25, 0.3) is 0 Å². The zero-order valence-corrected chi connectivity index (χ0v) is 6.51. The minimum atomic E-state index is -1.27. The van der Waals surface area contributed by atoms with Crippen molar-refractivity contribution < 1.29 is 19.8 Å². The zero-order chi connectivity index (χ0) is 8.85. The molecule has 0 aromatic carbocycles. The Morgan fingerprint density at radius 2 is 1.64 bits per heavy atom. The maximum Gasteiger partial charge on any atom is 0.406 e. The quantitative estimate of drug-likeness (QED) is 0.464. The number of carboxylic acid groups (broad SMARTS) is 2. The lowest BCUT2D eigenvalue weighted by Crippen LogP contribution is -2.44. The van der Waals surface area contributed by atoms with Crippen LogP contribution in [0.1, 0.15) is 0 Å². The summed E-state index contributed by atoms with van der Waals surface area (Å²) < 4.78 is 0. The summed E-state index contributed by atoms with van der Waals surface area (Å²) in [5, 5.41) is 20.2. The molecule has 0 spiro atoms. The molecular weight excluding hydrogens is 172 g/mol. The third kappa shape index (κ3) is 5.34. The highest BCUT2D eigenvalue weighted by Gasteiger charge is 2.10. The van der Waals surface area contributed by atoms with Crippen molar-refractivity contribution in [3.8, 4) is 0 Å². The Hall–Kier alpha value is -1.11. The van der Waals surface area contributed by atoms with Crippen LogP contribution in [0.4, 0.5) is 9.59 Å². The normalized spacial score (nSPS) is 9.27. The Bertz CT molecular complexity index is 146. The molecule has 0 rings (SSSR count). The smallest absolute Gasteiger partial charge is 0.406 e. The molecule has 0 aliphatic rings. The van der Waals surface area contributed by atoms with Gasteiger partial charge in [-0.1, -0.05) is 0 Å². The second kappa shape index (κ2) is 4.67. The number of nitrogens with one attached hydrogen (secondary N) is 2. The predicted molar refractivity (Wildman–Crippen MR) is 39.6 cm³/mol. The first-order valence-corrected chi connectivity index (χ1v) is 3.86. The van der Waals surface area contributed by atoms with E-state index in [1.54, 1.807) is 6.26 Å². The maximum atomic E-state index is 9.99. The van der Waals surface area contributed by atoms with Gasteiger partial charge in [0.1, 0.15) is 0 Å². The molecule has 2 amide bonds. The molecule has 7 heteroatoms. The second-order valence-electron chi connectivity index (χ2n) is 1.51. The van der Waals surface area contributed by atoms with E-state index in [-0.39, 0.29) is 0 Å².